The molecule has 1 aliphatic rings. The molecule has 0 atom stereocenters. The van der Waals surface area contributed by atoms with Crippen LogP contribution in [-0.2, 0) is 0 Å². The number of rotatable bonds is 4. The van der Waals surface area contributed by atoms with Gasteiger partial charge in [-0.25, -0.2) is 0 Å². The minimum atomic E-state index is 1.11. The summed E-state index contributed by atoms with van der Waals surface area (Å²) in [5.74, 6) is 1.11. The van der Waals surface area contributed by atoms with Crippen LogP contribution in [0.4, 0.5) is 5.69 Å². The average molecular weight is 308 g/mol. The Balaban J connectivity index is 1.84. The number of aromatic amines is 1. The van der Waals surface area contributed by atoms with Crippen molar-refractivity contribution in [1.29, 1.82) is 0 Å². The average Bonchev–Trinajstić information content (AvgIpc) is 2.91. The highest BCUT2D eigenvalue weighted by Gasteiger charge is 2.19. The van der Waals surface area contributed by atoms with Crippen molar-refractivity contribution in [3.05, 3.63) is 48.5 Å². The van der Waals surface area contributed by atoms with Crippen LogP contribution >= 0.6 is 11.8 Å². The molecule has 1 N–H and O–H groups in total. The van der Waals surface area contributed by atoms with Gasteiger partial charge in [-0.05, 0) is 42.5 Å². The van der Waals surface area contributed by atoms with Gasteiger partial charge >= 0.3 is 0 Å². The van der Waals surface area contributed by atoms with Crippen molar-refractivity contribution in [1.82, 2.24) is 4.98 Å². The number of aromatic nitrogens is 1. The summed E-state index contributed by atoms with van der Waals surface area (Å²) in [6.07, 6.45) is 1.30. The maximum atomic E-state index is 3.59. The van der Waals surface area contributed by atoms with Crippen molar-refractivity contribution in [2.75, 3.05) is 23.7 Å². The van der Waals surface area contributed by atoms with Gasteiger partial charge < -0.3 is 9.88 Å². The number of H-pyrrole nitrogens is 1. The van der Waals surface area contributed by atoms with Gasteiger partial charge in [-0.3, -0.25) is 0 Å². The first kappa shape index (κ1) is 13.8. The zero-order valence-electron chi connectivity index (χ0n) is 12.8. The van der Waals surface area contributed by atoms with E-state index in [2.05, 4.69) is 65.3 Å². The molecule has 0 bridgehead atoms. The number of nitrogens with zero attached hydrogens (tertiary/aromatic N) is 1. The van der Waals surface area contributed by atoms with Gasteiger partial charge in [-0.2, -0.15) is 0 Å². The highest BCUT2D eigenvalue weighted by atomic mass is 32.2. The van der Waals surface area contributed by atoms with Crippen LogP contribution in [0.15, 0.2) is 53.4 Å². The number of thioether (sulfide) groups is 1. The Bertz CT molecular complexity index is 769. The molecular weight excluding hydrogens is 288 g/mol. The Kier molecular flexibility index (Phi) is 3.59. The Morgan fingerprint density at radius 1 is 1.09 bits per heavy atom. The lowest BCUT2D eigenvalue weighted by atomic mass is 10.1. The highest BCUT2D eigenvalue weighted by Crippen LogP contribution is 2.37. The van der Waals surface area contributed by atoms with Gasteiger partial charge in [0.25, 0.3) is 0 Å². The van der Waals surface area contributed by atoms with Crippen LogP contribution in [0.25, 0.3) is 22.2 Å². The minimum absolute atomic E-state index is 1.11. The summed E-state index contributed by atoms with van der Waals surface area (Å²) in [6.45, 7) is 4.55. The number of para-hydroxylation sites is 1. The van der Waals surface area contributed by atoms with E-state index in [1.807, 2.05) is 11.8 Å². The first-order valence-electron chi connectivity index (χ1n) is 7.95. The van der Waals surface area contributed by atoms with Crippen molar-refractivity contribution in [2.24, 2.45) is 0 Å². The first-order valence-corrected chi connectivity index (χ1v) is 8.93. The number of benzene rings is 2. The third-order valence-corrected chi connectivity index (χ3v) is 5.17. The van der Waals surface area contributed by atoms with E-state index in [0.29, 0.717) is 0 Å². The predicted molar refractivity (Wildman–Crippen MR) is 97.0 cm³/mol. The number of hydrogen-bond donors (Lipinski definition) is 1. The second-order valence-corrected chi connectivity index (χ2v) is 7.06. The van der Waals surface area contributed by atoms with Crippen LogP contribution in [0, 0.1) is 0 Å². The number of nitrogens with one attached hydrogen (secondary N) is 1. The molecule has 0 aliphatic carbocycles. The fourth-order valence-electron chi connectivity index (χ4n) is 3.04. The van der Waals surface area contributed by atoms with E-state index in [1.54, 1.807) is 0 Å². The molecule has 4 rings (SSSR count). The SMILES string of the molecule is CCSc1ccc(N2CCC2)c(-c2cc3ccccc3[nH]2)c1. The van der Waals surface area contributed by atoms with Crippen molar-refractivity contribution in [3.63, 3.8) is 0 Å². The van der Waals surface area contributed by atoms with Crippen LogP contribution in [0.1, 0.15) is 13.3 Å². The Labute approximate surface area is 135 Å². The van der Waals surface area contributed by atoms with E-state index >= 15 is 0 Å². The summed E-state index contributed by atoms with van der Waals surface area (Å²) >= 11 is 1.90. The van der Waals surface area contributed by atoms with Gasteiger partial charge in [0.1, 0.15) is 0 Å². The Morgan fingerprint density at radius 2 is 1.95 bits per heavy atom. The lowest BCUT2D eigenvalue weighted by Gasteiger charge is -2.34. The monoisotopic (exact) mass is 308 g/mol. The molecule has 2 nitrogen and oxygen atoms in total. The maximum absolute atomic E-state index is 3.59. The van der Waals surface area contributed by atoms with E-state index in [4.69, 9.17) is 0 Å². The molecule has 3 heteroatoms. The van der Waals surface area contributed by atoms with Crippen molar-refractivity contribution < 1.29 is 0 Å². The summed E-state index contributed by atoms with van der Waals surface area (Å²) < 4.78 is 0. The Hall–Kier alpha value is -1.87. The molecule has 0 amide bonds. The Morgan fingerprint density at radius 3 is 2.68 bits per heavy atom. The molecule has 2 aromatic carbocycles. The van der Waals surface area contributed by atoms with Gasteiger partial charge in [0.15, 0.2) is 0 Å². The van der Waals surface area contributed by atoms with Crippen molar-refractivity contribution in [3.8, 4) is 11.3 Å². The molecule has 2 heterocycles. The summed E-state index contributed by atoms with van der Waals surface area (Å²) in [5.41, 5.74) is 5.12. The van der Waals surface area contributed by atoms with Gasteiger partial charge in [0.2, 0.25) is 0 Å². The molecule has 112 valence electrons. The molecule has 1 fully saturated rings. The van der Waals surface area contributed by atoms with Crippen LogP contribution in [-0.4, -0.2) is 23.8 Å². The molecule has 0 spiro atoms. The van der Waals surface area contributed by atoms with Gasteiger partial charge in [-0.1, -0.05) is 25.1 Å². The second-order valence-electron chi connectivity index (χ2n) is 5.72. The van der Waals surface area contributed by atoms with Crippen LogP contribution in [0.3, 0.4) is 0 Å². The summed E-state index contributed by atoms with van der Waals surface area (Å²) in [7, 11) is 0. The summed E-state index contributed by atoms with van der Waals surface area (Å²) in [4.78, 5) is 7.41. The summed E-state index contributed by atoms with van der Waals surface area (Å²) in [5, 5.41) is 1.28. The lowest BCUT2D eigenvalue weighted by Crippen LogP contribution is -2.37. The fourth-order valence-corrected chi connectivity index (χ4v) is 3.74. The maximum Gasteiger partial charge on any atom is 0.0486 e. The smallest absolute Gasteiger partial charge is 0.0486 e. The largest absolute Gasteiger partial charge is 0.371 e. The molecule has 1 saturated heterocycles. The third kappa shape index (κ3) is 2.40. The highest BCUT2D eigenvalue weighted by molar-refractivity contribution is 7.99. The zero-order valence-corrected chi connectivity index (χ0v) is 13.6. The second kappa shape index (κ2) is 5.73. The normalized spacial score (nSPS) is 14.3. The van der Waals surface area contributed by atoms with Crippen molar-refractivity contribution in [2.45, 2.75) is 18.2 Å². The molecule has 0 saturated carbocycles. The topological polar surface area (TPSA) is 19.0 Å². The molecule has 1 aliphatic heterocycles. The number of hydrogen-bond acceptors (Lipinski definition) is 2. The van der Waals surface area contributed by atoms with Crippen LogP contribution in [0.2, 0.25) is 0 Å². The first-order chi connectivity index (χ1) is 10.8. The minimum Gasteiger partial charge on any atom is -0.371 e. The van der Waals surface area contributed by atoms with E-state index in [9.17, 15) is 0 Å². The standard InChI is InChI=1S/C19H20N2S/c1-2-22-15-8-9-19(21-10-5-11-21)16(13-15)18-12-14-6-3-4-7-17(14)20-18/h3-4,6-9,12-13,20H,2,5,10-11H2,1H3. The van der Waals surface area contributed by atoms with E-state index in [-0.39, 0.29) is 0 Å². The van der Waals surface area contributed by atoms with Gasteiger partial charge in [0, 0.05) is 45.8 Å². The van der Waals surface area contributed by atoms with E-state index < -0.39 is 0 Å². The predicted octanol–water partition coefficient (Wildman–Crippen LogP) is 5.16. The number of fused-ring (bicyclic) bond motifs is 1. The third-order valence-electron chi connectivity index (χ3n) is 4.30. The number of anilines is 1. The zero-order chi connectivity index (χ0) is 14.9. The van der Waals surface area contributed by atoms with E-state index in [1.165, 1.54) is 52.3 Å². The van der Waals surface area contributed by atoms with Crippen LogP contribution in [0.5, 0.6) is 0 Å². The molecule has 1 aromatic heterocycles. The summed E-state index contributed by atoms with van der Waals surface area (Å²) in [6, 6.07) is 17.7. The van der Waals surface area contributed by atoms with Crippen molar-refractivity contribution >= 4 is 28.4 Å². The molecule has 3 aromatic rings. The van der Waals surface area contributed by atoms with Gasteiger partial charge in [0.05, 0.1) is 0 Å². The quantitative estimate of drug-likeness (QED) is 0.672. The molecule has 22 heavy (non-hydrogen) atoms. The molecule has 0 unspecified atom stereocenters. The molecule has 0 radical (unpaired) electrons. The van der Waals surface area contributed by atoms with Crippen LogP contribution < -0.4 is 4.90 Å². The van der Waals surface area contributed by atoms with E-state index in [0.717, 1.165) is 5.75 Å². The lowest BCUT2D eigenvalue weighted by molar-refractivity contribution is 0.618. The van der Waals surface area contributed by atoms with Gasteiger partial charge in [-0.15, -0.1) is 11.8 Å². The fraction of sp³-hybridized carbons (Fsp3) is 0.263. The molecular formula is C19H20N2S.